The largest absolute Gasteiger partial charge is 0.478 e. The molecule has 0 aromatic heterocycles. The molecule has 0 atom stereocenters. The van der Waals surface area contributed by atoms with E-state index in [9.17, 15) is 19.5 Å². The van der Waals surface area contributed by atoms with Crippen molar-refractivity contribution in [1.29, 1.82) is 0 Å². The van der Waals surface area contributed by atoms with E-state index in [4.69, 9.17) is 0 Å². The number of hydrogen-bond acceptors (Lipinski definition) is 3. The van der Waals surface area contributed by atoms with Gasteiger partial charge < -0.3 is 14.9 Å². The molecule has 0 aliphatic carbocycles. The summed E-state index contributed by atoms with van der Waals surface area (Å²) in [7, 11) is 0. The highest BCUT2D eigenvalue weighted by molar-refractivity contribution is 5.98. The summed E-state index contributed by atoms with van der Waals surface area (Å²) in [6, 6.07) is 12.6. The van der Waals surface area contributed by atoms with Gasteiger partial charge in [-0.25, -0.2) is 4.79 Å². The number of piperazine rings is 1. The lowest BCUT2D eigenvalue weighted by Gasteiger charge is -2.35. The zero-order chi connectivity index (χ0) is 20.3. The molecule has 1 heterocycles. The lowest BCUT2D eigenvalue weighted by molar-refractivity contribution is -0.131. The Bertz CT molecular complexity index is 897. The molecule has 0 spiro atoms. The number of carboxylic acid groups (broad SMARTS) is 1. The molecule has 1 aliphatic heterocycles. The van der Waals surface area contributed by atoms with Crippen molar-refractivity contribution in [3.05, 3.63) is 70.3 Å². The van der Waals surface area contributed by atoms with Crippen molar-refractivity contribution < 1.29 is 19.5 Å². The SMILES string of the molecule is Cc1ccc(CC(=O)N2CCN(C(=O)c3cc(C)cc(C(=O)O)c3)CC2)cc1. The first-order valence-corrected chi connectivity index (χ1v) is 9.31. The minimum absolute atomic E-state index is 0.0553. The number of carbonyl (C=O) groups is 3. The van der Waals surface area contributed by atoms with Gasteiger partial charge in [-0.1, -0.05) is 29.8 Å². The van der Waals surface area contributed by atoms with Crippen LogP contribution in [0.3, 0.4) is 0 Å². The van der Waals surface area contributed by atoms with Crippen LogP contribution >= 0.6 is 0 Å². The van der Waals surface area contributed by atoms with Gasteiger partial charge in [0.25, 0.3) is 5.91 Å². The fourth-order valence-electron chi connectivity index (χ4n) is 3.36. The molecule has 0 unspecified atom stereocenters. The molecule has 146 valence electrons. The summed E-state index contributed by atoms with van der Waals surface area (Å²) in [6.07, 6.45) is 0.355. The van der Waals surface area contributed by atoms with Crippen molar-refractivity contribution in [1.82, 2.24) is 9.80 Å². The molecule has 1 saturated heterocycles. The van der Waals surface area contributed by atoms with Crippen LogP contribution in [0.4, 0.5) is 0 Å². The molecular weight excluding hydrogens is 356 g/mol. The van der Waals surface area contributed by atoms with Gasteiger partial charge >= 0.3 is 5.97 Å². The third-order valence-corrected chi connectivity index (χ3v) is 4.97. The molecular formula is C22H24N2O4. The lowest BCUT2D eigenvalue weighted by atomic mass is 10.0. The highest BCUT2D eigenvalue weighted by Crippen LogP contribution is 2.15. The maximum atomic E-state index is 12.8. The van der Waals surface area contributed by atoms with Gasteiger partial charge in [-0.3, -0.25) is 9.59 Å². The van der Waals surface area contributed by atoms with E-state index in [1.807, 2.05) is 31.2 Å². The van der Waals surface area contributed by atoms with Crippen LogP contribution < -0.4 is 0 Å². The van der Waals surface area contributed by atoms with Crippen LogP contribution in [-0.2, 0) is 11.2 Å². The standard InChI is InChI=1S/C22H24N2O4/c1-15-3-5-17(6-4-15)13-20(25)23-7-9-24(10-8-23)21(26)18-11-16(2)12-19(14-18)22(27)28/h3-6,11-12,14H,7-10,13H2,1-2H3,(H,27,28). The maximum Gasteiger partial charge on any atom is 0.335 e. The van der Waals surface area contributed by atoms with Gasteiger partial charge in [-0.15, -0.1) is 0 Å². The summed E-state index contributed by atoms with van der Waals surface area (Å²) in [5, 5.41) is 9.19. The van der Waals surface area contributed by atoms with Crippen molar-refractivity contribution in [2.45, 2.75) is 20.3 Å². The first-order valence-electron chi connectivity index (χ1n) is 9.31. The highest BCUT2D eigenvalue weighted by atomic mass is 16.4. The second-order valence-corrected chi connectivity index (χ2v) is 7.23. The number of hydrogen-bond donors (Lipinski definition) is 1. The van der Waals surface area contributed by atoms with Gasteiger partial charge in [-0.2, -0.15) is 0 Å². The van der Waals surface area contributed by atoms with Crippen molar-refractivity contribution in [3.63, 3.8) is 0 Å². The minimum atomic E-state index is -1.05. The second kappa shape index (κ2) is 8.25. The zero-order valence-electron chi connectivity index (χ0n) is 16.1. The second-order valence-electron chi connectivity index (χ2n) is 7.23. The van der Waals surface area contributed by atoms with Crippen molar-refractivity contribution in [2.75, 3.05) is 26.2 Å². The van der Waals surface area contributed by atoms with Crippen LogP contribution in [0.1, 0.15) is 37.4 Å². The van der Waals surface area contributed by atoms with E-state index in [1.165, 1.54) is 6.07 Å². The number of carbonyl (C=O) groups excluding carboxylic acids is 2. The Balaban J connectivity index is 1.60. The summed E-state index contributed by atoms with van der Waals surface area (Å²) >= 11 is 0. The minimum Gasteiger partial charge on any atom is -0.478 e. The van der Waals surface area contributed by atoms with Gasteiger partial charge in [0.15, 0.2) is 0 Å². The number of rotatable bonds is 4. The Morgan fingerprint density at radius 2 is 1.39 bits per heavy atom. The molecule has 1 N–H and O–H groups in total. The molecule has 1 fully saturated rings. The first kappa shape index (κ1) is 19.6. The third-order valence-electron chi connectivity index (χ3n) is 4.97. The van der Waals surface area contributed by atoms with Crippen molar-refractivity contribution in [3.8, 4) is 0 Å². The molecule has 3 rings (SSSR count). The molecule has 2 aromatic carbocycles. The monoisotopic (exact) mass is 380 g/mol. The van der Waals surface area contributed by atoms with Crippen LogP contribution in [0.2, 0.25) is 0 Å². The van der Waals surface area contributed by atoms with E-state index in [2.05, 4.69) is 0 Å². The number of aromatic carboxylic acids is 1. The topological polar surface area (TPSA) is 77.9 Å². The van der Waals surface area contributed by atoms with E-state index in [-0.39, 0.29) is 17.4 Å². The van der Waals surface area contributed by atoms with Crippen molar-refractivity contribution in [2.24, 2.45) is 0 Å². The molecule has 0 bridgehead atoms. The van der Waals surface area contributed by atoms with Gasteiger partial charge in [0.2, 0.25) is 5.91 Å². The van der Waals surface area contributed by atoms with Gasteiger partial charge in [0.05, 0.1) is 12.0 Å². The Morgan fingerprint density at radius 1 is 0.821 bits per heavy atom. The van der Waals surface area contributed by atoms with E-state index < -0.39 is 5.97 Å². The quantitative estimate of drug-likeness (QED) is 0.884. The average Bonchev–Trinajstić information content (AvgIpc) is 2.68. The Hall–Kier alpha value is -3.15. The number of nitrogens with zero attached hydrogens (tertiary/aromatic N) is 2. The predicted octanol–water partition coefficient (Wildman–Crippen LogP) is 2.53. The van der Waals surface area contributed by atoms with E-state index in [0.29, 0.717) is 38.2 Å². The van der Waals surface area contributed by atoms with E-state index >= 15 is 0 Å². The van der Waals surface area contributed by atoms with E-state index in [1.54, 1.807) is 28.9 Å². The predicted molar refractivity (Wildman–Crippen MR) is 106 cm³/mol. The highest BCUT2D eigenvalue weighted by Gasteiger charge is 2.25. The normalized spacial score (nSPS) is 14.1. The Kier molecular flexibility index (Phi) is 5.78. The fourth-order valence-corrected chi connectivity index (χ4v) is 3.36. The maximum absolute atomic E-state index is 12.8. The van der Waals surface area contributed by atoms with Gasteiger partial charge in [0, 0.05) is 31.7 Å². The smallest absolute Gasteiger partial charge is 0.335 e. The molecule has 6 heteroatoms. The summed E-state index contributed by atoms with van der Waals surface area (Å²) in [4.78, 5) is 40.0. The zero-order valence-corrected chi connectivity index (χ0v) is 16.1. The van der Waals surface area contributed by atoms with Crippen LogP contribution in [0.25, 0.3) is 0 Å². The van der Waals surface area contributed by atoms with E-state index in [0.717, 1.165) is 16.7 Å². The summed E-state index contributed by atoms with van der Waals surface area (Å²) in [5.41, 5.74) is 3.35. The Morgan fingerprint density at radius 3 is 2.00 bits per heavy atom. The summed E-state index contributed by atoms with van der Waals surface area (Å²) in [6.45, 7) is 5.62. The van der Waals surface area contributed by atoms with Crippen LogP contribution in [0, 0.1) is 13.8 Å². The molecule has 1 aliphatic rings. The molecule has 6 nitrogen and oxygen atoms in total. The lowest BCUT2D eigenvalue weighted by Crippen LogP contribution is -2.51. The van der Waals surface area contributed by atoms with Gasteiger partial charge in [-0.05, 0) is 43.2 Å². The first-order chi connectivity index (χ1) is 13.3. The molecule has 0 saturated carbocycles. The summed E-state index contributed by atoms with van der Waals surface area (Å²) in [5.74, 6) is -1.19. The van der Waals surface area contributed by atoms with Crippen LogP contribution in [0.15, 0.2) is 42.5 Å². The summed E-state index contributed by atoms with van der Waals surface area (Å²) < 4.78 is 0. The number of carboxylic acids is 1. The van der Waals surface area contributed by atoms with Crippen LogP contribution in [-0.4, -0.2) is 58.9 Å². The molecule has 2 aromatic rings. The van der Waals surface area contributed by atoms with Crippen molar-refractivity contribution >= 4 is 17.8 Å². The molecule has 2 amide bonds. The fraction of sp³-hybridized carbons (Fsp3) is 0.318. The van der Waals surface area contributed by atoms with Gasteiger partial charge in [0.1, 0.15) is 0 Å². The number of benzene rings is 2. The molecule has 0 radical (unpaired) electrons. The third kappa shape index (κ3) is 4.57. The molecule has 28 heavy (non-hydrogen) atoms. The number of aryl methyl sites for hydroxylation is 2. The average molecular weight is 380 g/mol. The Labute approximate surface area is 164 Å². The number of amides is 2. The van der Waals surface area contributed by atoms with Crippen LogP contribution in [0.5, 0.6) is 0 Å².